The SMILES string of the molecule is C=C1CC[C@H]2[C@H](CN)[C@@H]([C@@]3(C)Cc4cn[nH]c4C[C@@H]3CN)CC[C@]12C. The molecule has 3 aliphatic rings. The van der Waals surface area contributed by atoms with Gasteiger partial charge in [0.15, 0.2) is 0 Å². The van der Waals surface area contributed by atoms with Crippen molar-refractivity contribution in [1.29, 1.82) is 0 Å². The highest BCUT2D eigenvalue weighted by Crippen LogP contribution is 2.62. The van der Waals surface area contributed by atoms with Gasteiger partial charge in [0.2, 0.25) is 0 Å². The van der Waals surface area contributed by atoms with Crippen LogP contribution in [-0.2, 0) is 12.8 Å². The number of fused-ring (bicyclic) bond motifs is 2. The van der Waals surface area contributed by atoms with E-state index in [1.54, 1.807) is 0 Å². The van der Waals surface area contributed by atoms with Crippen LogP contribution in [0.4, 0.5) is 0 Å². The number of nitrogens with one attached hydrogen (secondary N) is 1. The van der Waals surface area contributed by atoms with Crippen LogP contribution in [0.3, 0.4) is 0 Å². The van der Waals surface area contributed by atoms with Gasteiger partial charge in [0.05, 0.1) is 6.20 Å². The Balaban J connectivity index is 1.69. The number of allylic oxidation sites excluding steroid dienone is 1. The van der Waals surface area contributed by atoms with Crippen molar-refractivity contribution in [3.8, 4) is 0 Å². The molecule has 0 bridgehead atoms. The van der Waals surface area contributed by atoms with Gasteiger partial charge in [0.1, 0.15) is 0 Å². The molecule has 0 aromatic carbocycles. The van der Waals surface area contributed by atoms with Gasteiger partial charge in [-0.1, -0.05) is 26.0 Å². The van der Waals surface area contributed by atoms with E-state index in [0.717, 1.165) is 25.9 Å². The summed E-state index contributed by atoms with van der Waals surface area (Å²) in [7, 11) is 0. The predicted octanol–water partition coefficient (Wildman–Crippen LogP) is 3.05. The van der Waals surface area contributed by atoms with Gasteiger partial charge >= 0.3 is 0 Å². The van der Waals surface area contributed by atoms with Crippen molar-refractivity contribution >= 4 is 0 Å². The van der Waals surface area contributed by atoms with E-state index in [-0.39, 0.29) is 5.41 Å². The monoisotopic (exact) mass is 342 g/mol. The second-order valence-corrected chi connectivity index (χ2v) is 9.40. The maximum Gasteiger partial charge on any atom is 0.0522 e. The normalized spacial score (nSPS) is 43.8. The van der Waals surface area contributed by atoms with Gasteiger partial charge in [-0.15, -0.1) is 0 Å². The largest absolute Gasteiger partial charge is 0.330 e. The van der Waals surface area contributed by atoms with Crippen LogP contribution in [0.5, 0.6) is 0 Å². The molecular formula is C21H34N4. The summed E-state index contributed by atoms with van der Waals surface area (Å²) in [6.07, 6.45) is 9.14. The maximum atomic E-state index is 6.40. The van der Waals surface area contributed by atoms with Crippen molar-refractivity contribution in [2.45, 2.75) is 52.4 Å². The molecule has 0 spiro atoms. The third-order valence-corrected chi connectivity index (χ3v) is 8.56. The minimum atomic E-state index is 0.223. The lowest BCUT2D eigenvalue weighted by Crippen LogP contribution is -2.53. The van der Waals surface area contributed by atoms with Crippen LogP contribution in [0.25, 0.3) is 0 Å². The summed E-state index contributed by atoms with van der Waals surface area (Å²) in [6, 6.07) is 0. The third kappa shape index (κ3) is 2.37. The third-order valence-electron chi connectivity index (χ3n) is 8.56. The van der Waals surface area contributed by atoms with Crippen molar-refractivity contribution in [3.05, 3.63) is 29.6 Å². The number of hydrogen-bond donors (Lipinski definition) is 3. The number of nitrogens with zero attached hydrogens (tertiary/aromatic N) is 1. The molecule has 1 aromatic heterocycles. The predicted molar refractivity (Wildman–Crippen MR) is 102 cm³/mol. The van der Waals surface area contributed by atoms with E-state index in [1.807, 2.05) is 6.20 Å². The molecule has 0 saturated heterocycles. The Labute approximate surface area is 151 Å². The smallest absolute Gasteiger partial charge is 0.0522 e. The van der Waals surface area contributed by atoms with Gasteiger partial charge in [-0.3, -0.25) is 5.10 Å². The van der Waals surface area contributed by atoms with Gasteiger partial charge in [-0.2, -0.15) is 5.10 Å². The van der Waals surface area contributed by atoms with Crippen LogP contribution < -0.4 is 11.5 Å². The summed E-state index contributed by atoms with van der Waals surface area (Å²) < 4.78 is 0. The van der Waals surface area contributed by atoms with Gasteiger partial charge in [0.25, 0.3) is 0 Å². The fourth-order valence-electron chi connectivity index (χ4n) is 6.83. The van der Waals surface area contributed by atoms with E-state index >= 15 is 0 Å². The molecule has 5 N–H and O–H groups in total. The molecule has 25 heavy (non-hydrogen) atoms. The molecular weight excluding hydrogens is 308 g/mol. The van der Waals surface area contributed by atoms with Gasteiger partial charge in [-0.25, -0.2) is 0 Å². The lowest BCUT2D eigenvalue weighted by Gasteiger charge is -2.56. The lowest BCUT2D eigenvalue weighted by atomic mass is 9.49. The standard InChI is InChI=1S/C21H34N4/c1-13-4-5-17-16(11-23)18(6-7-20(13,17)2)21(3)9-14-12-24-25-19(14)8-15(21)10-22/h12,15-18H,1,4-11,22-23H2,2-3H3,(H,24,25)/t15-,16+,17+,18+,20-,21+/m1/s1. The van der Waals surface area contributed by atoms with E-state index in [4.69, 9.17) is 11.5 Å². The summed E-state index contributed by atoms with van der Waals surface area (Å²) in [5.41, 5.74) is 17.4. The van der Waals surface area contributed by atoms with Gasteiger partial charge in [0, 0.05) is 5.69 Å². The minimum Gasteiger partial charge on any atom is -0.330 e. The molecule has 3 aliphatic carbocycles. The number of H-pyrrole nitrogens is 1. The summed E-state index contributed by atoms with van der Waals surface area (Å²) >= 11 is 0. The fourth-order valence-corrected chi connectivity index (χ4v) is 6.83. The zero-order valence-electron chi connectivity index (χ0n) is 15.9. The van der Waals surface area contributed by atoms with Crippen LogP contribution in [0, 0.1) is 34.5 Å². The molecule has 4 nitrogen and oxygen atoms in total. The summed E-state index contributed by atoms with van der Waals surface area (Å²) in [6.45, 7) is 10.9. The topological polar surface area (TPSA) is 80.7 Å². The first-order chi connectivity index (χ1) is 11.9. The summed E-state index contributed by atoms with van der Waals surface area (Å²) in [4.78, 5) is 0. The number of nitrogens with two attached hydrogens (primary N) is 2. The van der Waals surface area contributed by atoms with E-state index in [2.05, 4.69) is 30.6 Å². The highest BCUT2D eigenvalue weighted by molar-refractivity contribution is 5.26. The molecule has 0 unspecified atom stereocenters. The Morgan fingerprint density at radius 3 is 2.76 bits per heavy atom. The van der Waals surface area contributed by atoms with Crippen LogP contribution in [0.2, 0.25) is 0 Å². The first-order valence-electron chi connectivity index (χ1n) is 10.0. The van der Waals surface area contributed by atoms with Crippen molar-refractivity contribution in [3.63, 3.8) is 0 Å². The minimum absolute atomic E-state index is 0.223. The lowest BCUT2D eigenvalue weighted by molar-refractivity contribution is -0.0388. The molecule has 0 aliphatic heterocycles. The maximum absolute atomic E-state index is 6.40. The summed E-state index contributed by atoms with van der Waals surface area (Å²) in [5.74, 6) is 2.45. The van der Waals surface area contributed by atoms with E-state index in [0.29, 0.717) is 29.1 Å². The van der Waals surface area contributed by atoms with Crippen molar-refractivity contribution in [2.75, 3.05) is 13.1 Å². The average molecular weight is 343 g/mol. The van der Waals surface area contributed by atoms with Crippen LogP contribution in [0.1, 0.15) is 50.8 Å². The Bertz CT molecular complexity index is 665. The number of aromatic nitrogens is 2. The molecule has 4 heteroatoms. The average Bonchev–Trinajstić information content (AvgIpc) is 3.17. The Morgan fingerprint density at radius 2 is 2.04 bits per heavy atom. The van der Waals surface area contributed by atoms with Crippen LogP contribution in [0.15, 0.2) is 18.3 Å². The second kappa shape index (κ2) is 5.95. The number of aromatic amines is 1. The molecule has 4 rings (SSSR count). The molecule has 6 atom stereocenters. The first-order valence-corrected chi connectivity index (χ1v) is 10.0. The van der Waals surface area contributed by atoms with Crippen molar-refractivity contribution < 1.29 is 0 Å². The molecule has 1 heterocycles. The van der Waals surface area contributed by atoms with Gasteiger partial charge in [-0.05, 0) is 91.7 Å². The van der Waals surface area contributed by atoms with Crippen LogP contribution >= 0.6 is 0 Å². The Hall–Kier alpha value is -1.13. The quantitative estimate of drug-likeness (QED) is 0.739. The molecule has 1 aromatic rings. The first kappa shape index (κ1) is 17.3. The van der Waals surface area contributed by atoms with E-state index in [1.165, 1.54) is 42.5 Å². The van der Waals surface area contributed by atoms with Crippen molar-refractivity contribution in [2.24, 2.45) is 46.0 Å². The molecule has 138 valence electrons. The summed E-state index contributed by atoms with van der Waals surface area (Å²) in [5, 5.41) is 7.49. The molecule has 2 saturated carbocycles. The fraction of sp³-hybridized carbons (Fsp3) is 0.762. The Kier molecular flexibility index (Phi) is 4.12. The van der Waals surface area contributed by atoms with Crippen LogP contribution in [-0.4, -0.2) is 23.3 Å². The molecule has 2 fully saturated rings. The molecule has 0 radical (unpaired) electrons. The zero-order chi connectivity index (χ0) is 17.8. The highest BCUT2D eigenvalue weighted by atomic mass is 15.1. The van der Waals surface area contributed by atoms with E-state index in [9.17, 15) is 0 Å². The zero-order valence-corrected chi connectivity index (χ0v) is 15.9. The highest BCUT2D eigenvalue weighted by Gasteiger charge is 2.56. The number of hydrogen-bond acceptors (Lipinski definition) is 3. The van der Waals surface area contributed by atoms with E-state index < -0.39 is 0 Å². The second-order valence-electron chi connectivity index (χ2n) is 9.40. The van der Waals surface area contributed by atoms with Gasteiger partial charge < -0.3 is 11.5 Å². The molecule has 0 amide bonds. The Morgan fingerprint density at radius 1 is 1.24 bits per heavy atom. The van der Waals surface area contributed by atoms with Crippen molar-refractivity contribution in [1.82, 2.24) is 10.2 Å². The number of rotatable bonds is 3.